The van der Waals surface area contributed by atoms with Crippen molar-refractivity contribution in [2.24, 2.45) is 0 Å². The average molecular weight is 293 g/mol. The number of nitrogens with zero attached hydrogens (tertiary/aromatic N) is 3. The molecule has 1 fully saturated rings. The Hall–Kier alpha value is -1.24. The molecule has 1 atom stereocenters. The number of nitrogens with one attached hydrogen (secondary N) is 2. The van der Waals surface area contributed by atoms with Crippen LogP contribution in [0.4, 0.5) is 0 Å². The van der Waals surface area contributed by atoms with Crippen LogP contribution in [0.15, 0.2) is 10.9 Å². The second kappa shape index (κ2) is 7.15. The molecule has 0 radical (unpaired) electrons. The molecule has 1 saturated heterocycles. The van der Waals surface area contributed by atoms with Gasteiger partial charge in [0, 0.05) is 25.2 Å². The van der Waals surface area contributed by atoms with E-state index in [9.17, 15) is 4.79 Å². The molecule has 1 aliphatic heterocycles. The molecule has 118 valence electrons. The Morgan fingerprint density at radius 3 is 2.90 bits per heavy atom. The quantitative estimate of drug-likeness (QED) is 0.850. The van der Waals surface area contributed by atoms with Crippen molar-refractivity contribution in [2.75, 3.05) is 33.7 Å². The van der Waals surface area contributed by atoms with Crippen LogP contribution in [0.25, 0.3) is 0 Å². The molecule has 1 aromatic rings. The predicted octanol–water partition coefficient (Wildman–Crippen LogP) is 0.576. The van der Waals surface area contributed by atoms with Crippen molar-refractivity contribution >= 4 is 0 Å². The number of likely N-dealkylation sites (N-methyl/N-ethyl adjacent to an activating group) is 2. The third-order valence-corrected chi connectivity index (χ3v) is 3.89. The van der Waals surface area contributed by atoms with Crippen LogP contribution in [-0.2, 0) is 6.54 Å². The second-order valence-electron chi connectivity index (χ2n) is 6.27. The molecule has 0 aliphatic carbocycles. The van der Waals surface area contributed by atoms with Crippen LogP contribution in [0.3, 0.4) is 0 Å². The van der Waals surface area contributed by atoms with E-state index in [0.717, 1.165) is 37.6 Å². The Morgan fingerprint density at radius 1 is 1.43 bits per heavy atom. The fourth-order valence-corrected chi connectivity index (χ4v) is 2.65. The van der Waals surface area contributed by atoms with Crippen LogP contribution >= 0.6 is 0 Å². The molecule has 0 bridgehead atoms. The van der Waals surface area contributed by atoms with Crippen LogP contribution in [0, 0.1) is 0 Å². The summed E-state index contributed by atoms with van der Waals surface area (Å²) in [5.41, 5.74) is 0.739. The van der Waals surface area contributed by atoms with Gasteiger partial charge in [0.05, 0.1) is 11.7 Å². The summed E-state index contributed by atoms with van der Waals surface area (Å²) in [6, 6.07) is 2.10. The van der Waals surface area contributed by atoms with E-state index in [-0.39, 0.29) is 11.6 Å². The number of aromatic amines is 1. The van der Waals surface area contributed by atoms with E-state index in [2.05, 4.69) is 53.0 Å². The molecule has 0 saturated carbocycles. The normalized spacial score (nSPS) is 21.7. The van der Waals surface area contributed by atoms with Crippen molar-refractivity contribution in [2.45, 2.75) is 38.9 Å². The summed E-state index contributed by atoms with van der Waals surface area (Å²) < 4.78 is 0. The number of H-pyrrole nitrogens is 1. The van der Waals surface area contributed by atoms with Crippen LogP contribution in [0.1, 0.15) is 37.8 Å². The first-order chi connectivity index (χ1) is 9.95. The van der Waals surface area contributed by atoms with Gasteiger partial charge in [-0.2, -0.15) is 0 Å². The fourth-order valence-electron chi connectivity index (χ4n) is 2.65. The highest BCUT2D eigenvalue weighted by molar-refractivity contribution is 5.07. The minimum Gasteiger partial charge on any atom is -0.309 e. The molecule has 1 unspecified atom stereocenters. The zero-order chi connectivity index (χ0) is 15.4. The lowest BCUT2D eigenvalue weighted by Gasteiger charge is -2.26. The van der Waals surface area contributed by atoms with Crippen LogP contribution < -0.4 is 10.9 Å². The predicted molar refractivity (Wildman–Crippen MR) is 84.3 cm³/mol. The largest absolute Gasteiger partial charge is 0.309 e. The number of aromatic nitrogens is 2. The van der Waals surface area contributed by atoms with Crippen molar-refractivity contribution in [3.8, 4) is 0 Å². The van der Waals surface area contributed by atoms with Gasteiger partial charge in [-0.3, -0.25) is 9.69 Å². The van der Waals surface area contributed by atoms with Crippen molar-refractivity contribution in [1.29, 1.82) is 0 Å². The van der Waals surface area contributed by atoms with Gasteiger partial charge >= 0.3 is 0 Å². The monoisotopic (exact) mass is 293 g/mol. The van der Waals surface area contributed by atoms with Gasteiger partial charge in [-0.25, -0.2) is 4.98 Å². The van der Waals surface area contributed by atoms with Gasteiger partial charge in [0.15, 0.2) is 0 Å². The SMILES string of the molecule is CC(C)NCc1cc(=O)[nH]c(C2CN(C)CCCN2C)n1. The van der Waals surface area contributed by atoms with Gasteiger partial charge in [0.1, 0.15) is 5.82 Å². The smallest absolute Gasteiger partial charge is 0.251 e. The summed E-state index contributed by atoms with van der Waals surface area (Å²) >= 11 is 0. The highest BCUT2D eigenvalue weighted by Gasteiger charge is 2.24. The van der Waals surface area contributed by atoms with E-state index in [1.54, 1.807) is 6.07 Å². The average Bonchev–Trinajstić information content (AvgIpc) is 2.57. The summed E-state index contributed by atoms with van der Waals surface area (Å²) in [6.45, 7) is 7.79. The molecule has 2 heterocycles. The molecule has 1 aliphatic rings. The van der Waals surface area contributed by atoms with Gasteiger partial charge in [-0.15, -0.1) is 0 Å². The molecule has 6 nitrogen and oxygen atoms in total. The summed E-state index contributed by atoms with van der Waals surface area (Å²) in [7, 11) is 4.22. The summed E-state index contributed by atoms with van der Waals surface area (Å²) in [5, 5.41) is 3.31. The molecule has 2 rings (SSSR count). The molecule has 0 spiro atoms. The Labute approximate surface area is 126 Å². The fraction of sp³-hybridized carbons (Fsp3) is 0.733. The maximum atomic E-state index is 11.9. The van der Waals surface area contributed by atoms with Crippen molar-refractivity contribution in [3.63, 3.8) is 0 Å². The molecule has 0 aromatic carbocycles. The first-order valence-corrected chi connectivity index (χ1v) is 7.68. The van der Waals surface area contributed by atoms with E-state index in [0.29, 0.717) is 12.6 Å². The van der Waals surface area contributed by atoms with Gasteiger partial charge in [0.25, 0.3) is 5.56 Å². The molecular formula is C15H27N5O. The number of hydrogen-bond acceptors (Lipinski definition) is 5. The van der Waals surface area contributed by atoms with Crippen LogP contribution in [-0.4, -0.2) is 59.5 Å². The number of rotatable bonds is 4. The minimum atomic E-state index is -0.0687. The molecule has 0 amide bonds. The lowest BCUT2D eigenvalue weighted by Crippen LogP contribution is -2.34. The van der Waals surface area contributed by atoms with E-state index in [1.165, 1.54) is 0 Å². The van der Waals surface area contributed by atoms with E-state index < -0.39 is 0 Å². The van der Waals surface area contributed by atoms with E-state index in [1.807, 2.05) is 0 Å². The molecule has 1 aromatic heterocycles. The highest BCUT2D eigenvalue weighted by Crippen LogP contribution is 2.19. The Morgan fingerprint density at radius 2 is 2.19 bits per heavy atom. The molecule has 21 heavy (non-hydrogen) atoms. The standard InChI is InChI=1S/C15H27N5O/c1-11(2)16-9-12-8-14(21)18-15(17-12)13-10-19(3)6-5-7-20(13)4/h8,11,13,16H,5-7,9-10H2,1-4H3,(H,17,18,21). The third-order valence-electron chi connectivity index (χ3n) is 3.89. The first-order valence-electron chi connectivity index (χ1n) is 7.68. The summed E-state index contributed by atoms with van der Waals surface area (Å²) in [4.78, 5) is 24.1. The van der Waals surface area contributed by atoms with Gasteiger partial charge in [-0.1, -0.05) is 13.8 Å². The lowest BCUT2D eigenvalue weighted by molar-refractivity contribution is 0.219. The Kier molecular flexibility index (Phi) is 5.50. The Bertz CT molecular complexity index is 513. The molecule has 6 heteroatoms. The maximum Gasteiger partial charge on any atom is 0.251 e. The van der Waals surface area contributed by atoms with Crippen molar-refractivity contribution in [3.05, 3.63) is 27.9 Å². The highest BCUT2D eigenvalue weighted by atomic mass is 16.1. The Balaban J connectivity index is 2.22. The van der Waals surface area contributed by atoms with E-state index in [4.69, 9.17) is 0 Å². The van der Waals surface area contributed by atoms with E-state index >= 15 is 0 Å². The lowest BCUT2D eigenvalue weighted by atomic mass is 10.2. The summed E-state index contributed by atoms with van der Waals surface area (Å²) in [5.74, 6) is 0.777. The minimum absolute atomic E-state index is 0.0687. The summed E-state index contributed by atoms with van der Waals surface area (Å²) in [6.07, 6.45) is 1.14. The molecular weight excluding hydrogens is 266 g/mol. The topological polar surface area (TPSA) is 64.3 Å². The van der Waals surface area contributed by atoms with Crippen LogP contribution in [0.5, 0.6) is 0 Å². The zero-order valence-corrected chi connectivity index (χ0v) is 13.5. The van der Waals surface area contributed by atoms with Gasteiger partial charge in [0.2, 0.25) is 0 Å². The van der Waals surface area contributed by atoms with Gasteiger partial charge in [-0.05, 0) is 33.6 Å². The maximum absolute atomic E-state index is 11.9. The third kappa shape index (κ3) is 4.62. The van der Waals surface area contributed by atoms with Crippen molar-refractivity contribution in [1.82, 2.24) is 25.1 Å². The van der Waals surface area contributed by atoms with Crippen molar-refractivity contribution < 1.29 is 0 Å². The van der Waals surface area contributed by atoms with Crippen LogP contribution in [0.2, 0.25) is 0 Å². The number of hydrogen-bond donors (Lipinski definition) is 2. The second-order valence-corrected chi connectivity index (χ2v) is 6.27. The molecule has 2 N–H and O–H groups in total. The van der Waals surface area contributed by atoms with Gasteiger partial charge < -0.3 is 15.2 Å². The zero-order valence-electron chi connectivity index (χ0n) is 13.5. The first kappa shape index (κ1) is 16.1.